The van der Waals surface area contributed by atoms with E-state index in [1.807, 2.05) is 30.3 Å². The molecule has 0 N–H and O–H groups in total. The first kappa shape index (κ1) is 22.2. The van der Waals surface area contributed by atoms with E-state index in [1.54, 1.807) is 0 Å². The van der Waals surface area contributed by atoms with Crippen LogP contribution in [0.1, 0.15) is 77.6 Å². The van der Waals surface area contributed by atoms with E-state index in [-0.39, 0.29) is 0 Å². The fourth-order valence-electron chi connectivity index (χ4n) is 4.04. The van der Waals surface area contributed by atoms with Crippen molar-refractivity contribution < 1.29 is 9.47 Å². The molecule has 27 heavy (non-hydrogen) atoms. The summed E-state index contributed by atoms with van der Waals surface area (Å²) < 4.78 is 11.5. The highest BCUT2D eigenvalue weighted by Crippen LogP contribution is 2.22. The molecule has 1 aromatic carbocycles. The molecule has 0 radical (unpaired) electrons. The van der Waals surface area contributed by atoms with Crippen molar-refractivity contribution >= 4 is 0 Å². The number of para-hydroxylation sites is 1. The fraction of sp³-hybridized carbons (Fsp3) is 0.750. The molecule has 154 valence electrons. The molecule has 0 amide bonds. The van der Waals surface area contributed by atoms with Gasteiger partial charge in [-0.2, -0.15) is 0 Å². The van der Waals surface area contributed by atoms with Gasteiger partial charge in [0, 0.05) is 12.6 Å². The molecule has 1 aromatic rings. The molecule has 0 bridgehead atoms. The van der Waals surface area contributed by atoms with Gasteiger partial charge in [0.25, 0.3) is 0 Å². The molecule has 0 spiro atoms. The van der Waals surface area contributed by atoms with Crippen molar-refractivity contribution in [3.63, 3.8) is 0 Å². The maximum absolute atomic E-state index is 5.82. The average Bonchev–Trinajstić information content (AvgIpc) is 2.71. The van der Waals surface area contributed by atoms with E-state index in [0.29, 0.717) is 13.2 Å². The zero-order valence-electron chi connectivity index (χ0n) is 17.5. The summed E-state index contributed by atoms with van der Waals surface area (Å²) in [6, 6.07) is 10.8. The highest BCUT2D eigenvalue weighted by atomic mass is 16.5. The summed E-state index contributed by atoms with van der Waals surface area (Å²) >= 11 is 0. The van der Waals surface area contributed by atoms with E-state index in [0.717, 1.165) is 24.9 Å². The van der Waals surface area contributed by atoms with Crippen LogP contribution < -0.4 is 4.74 Å². The maximum atomic E-state index is 5.82. The standard InChI is InChI=1S/C24H41NO2/c1-2-3-4-5-6-7-9-14-23-15-12-13-18-25(23)19-20-26-21-22-27-24-16-10-8-11-17-24/h8,10-11,16-17,23H,2-7,9,12-15,18-22H2,1H3. The van der Waals surface area contributed by atoms with Crippen LogP contribution in [0.15, 0.2) is 30.3 Å². The van der Waals surface area contributed by atoms with Gasteiger partial charge in [0.15, 0.2) is 0 Å². The predicted octanol–water partition coefficient (Wildman–Crippen LogP) is 6.08. The van der Waals surface area contributed by atoms with E-state index in [4.69, 9.17) is 9.47 Å². The first-order chi connectivity index (χ1) is 13.4. The quantitative estimate of drug-likeness (QED) is 0.347. The molecule has 1 aliphatic rings. The number of ether oxygens (including phenoxy) is 2. The van der Waals surface area contributed by atoms with Crippen LogP contribution >= 0.6 is 0 Å². The molecular weight excluding hydrogens is 334 g/mol. The van der Waals surface area contributed by atoms with Crippen molar-refractivity contribution in [2.45, 2.75) is 83.6 Å². The van der Waals surface area contributed by atoms with Gasteiger partial charge in [0.05, 0.1) is 13.2 Å². The van der Waals surface area contributed by atoms with Crippen LogP contribution in [0.3, 0.4) is 0 Å². The number of likely N-dealkylation sites (tertiary alicyclic amines) is 1. The van der Waals surface area contributed by atoms with Gasteiger partial charge in [-0.05, 0) is 37.9 Å². The highest BCUT2D eigenvalue weighted by molar-refractivity contribution is 5.20. The summed E-state index contributed by atoms with van der Waals surface area (Å²) in [6.07, 6.45) is 15.4. The van der Waals surface area contributed by atoms with E-state index < -0.39 is 0 Å². The molecule has 3 heteroatoms. The number of rotatable bonds is 15. The van der Waals surface area contributed by atoms with Crippen molar-refractivity contribution in [1.29, 1.82) is 0 Å². The number of hydrogen-bond acceptors (Lipinski definition) is 3. The molecule has 1 fully saturated rings. The first-order valence-electron chi connectivity index (χ1n) is 11.4. The Balaban J connectivity index is 1.50. The van der Waals surface area contributed by atoms with Crippen LogP contribution in [-0.4, -0.2) is 43.9 Å². The molecule has 1 atom stereocenters. The van der Waals surface area contributed by atoms with Gasteiger partial charge < -0.3 is 9.47 Å². The number of benzene rings is 1. The smallest absolute Gasteiger partial charge is 0.119 e. The number of piperidine rings is 1. The lowest BCUT2D eigenvalue weighted by Gasteiger charge is -2.35. The second kappa shape index (κ2) is 14.9. The summed E-state index contributed by atoms with van der Waals surface area (Å²) in [6.45, 7) is 6.75. The van der Waals surface area contributed by atoms with Gasteiger partial charge in [-0.1, -0.05) is 76.5 Å². The Kier molecular flexibility index (Phi) is 12.3. The fourth-order valence-corrected chi connectivity index (χ4v) is 4.04. The maximum Gasteiger partial charge on any atom is 0.119 e. The average molecular weight is 376 g/mol. The lowest BCUT2D eigenvalue weighted by Crippen LogP contribution is -2.41. The lowest BCUT2D eigenvalue weighted by molar-refractivity contribution is 0.0549. The van der Waals surface area contributed by atoms with Crippen LogP contribution in [-0.2, 0) is 4.74 Å². The summed E-state index contributed by atoms with van der Waals surface area (Å²) in [7, 11) is 0. The van der Waals surface area contributed by atoms with Crippen molar-refractivity contribution in [1.82, 2.24) is 4.90 Å². The Morgan fingerprint density at radius 2 is 1.67 bits per heavy atom. The summed E-state index contributed by atoms with van der Waals surface area (Å²) in [5.41, 5.74) is 0. The van der Waals surface area contributed by atoms with E-state index in [9.17, 15) is 0 Å². The van der Waals surface area contributed by atoms with Crippen LogP contribution in [0, 0.1) is 0 Å². The Bertz CT molecular complexity index is 451. The number of nitrogens with zero attached hydrogens (tertiary/aromatic N) is 1. The molecule has 0 aromatic heterocycles. The van der Waals surface area contributed by atoms with Gasteiger partial charge in [-0.25, -0.2) is 0 Å². The van der Waals surface area contributed by atoms with Gasteiger partial charge in [0.2, 0.25) is 0 Å². The van der Waals surface area contributed by atoms with Crippen LogP contribution in [0.4, 0.5) is 0 Å². The van der Waals surface area contributed by atoms with Crippen LogP contribution in [0.2, 0.25) is 0 Å². The second-order valence-electron chi connectivity index (χ2n) is 7.87. The van der Waals surface area contributed by atoms with Gasteiger partial charge in [-0.15, -0.1) is 0 Å². The van der Waals surface area contributed by atoms with Gasteiger partial charge in [-0.3, -0.25) is 4.90 Å². The molecule has 1 aliphatic heterocycles. The minimum atomic E-state index is 0.630. The van der Waals surface area contributed by atoms with Crippen LogP contribution in [0.25, 0.3) is 0 Å². The Morgan fingerprint density at radius 1 is 0.889 bits per heavy atom. The van der Waals surface area contributed by atoms with E-state index >= 15 is 0 Å². The number of unbranched alkanes of at least 4 members (excludes halogenated alkanes) is 6. The Hall–Kier alpha value is -1.06. The normalized spacial score (nSPS) is 17.9. The van der Waals surface area contributed by atoms with Crippen LogP contribution in [0.5, 0.6) is 5.75 Å². The predicted molar refractivity (Wildman–Crippen MR) is 115 cm³/mol. The monoisotopic (exact) mass is 375 g/mol. The van der Waals surface area contributed by atoms with Crippen molar-refractivity contribution in [2.75, 3.05) is 32.9 Å². The third-order valence-electron chi connectivity index (χ3n) is 5.65. The van der Waals surface area contributed by atoms with Crippen molar-refractivity contribution in [3.8, 4) is 5.75 Å². The molecule has 1 unspecified atom stereocenters. The molecule has 1 saturated heterocycles. The third kappa shape index (κ3) is 10.2. The Morgan fingerprint density at radius 3 is 2.48 bits per heavy atom. The van der Waals surface area contributed by atoms with Crippen molar-refractivity contribution in [2.24, 2.45) is 0 Å². The Labute approximate surface area is 167 Å². The van der Waals surface area contributed by atoms with Gasteiger partial charge >= 0.3 is 0 Å². The minimum Gasteiger partial charge on any atom is -0.491 e. The zero-order chi connectivity index (χ0) is 19.0. The van der Waals surface area contributed by atoms with Gasteiger partial charge in [0.1, 0.15) is 12.4 Å². The molecular formula is C24H41NO2. The summed E-state index contributed by atoms with van der Waals surface area (Å²) in [5.74, 6) is 0.923. The highest BCUT2D eigenvalue weighted by Gasteiger charge is 2.21. The molecule has 1 heterocycles. The minimum absolute atomic E-state index is 0.630. The summed E-state index contributed by atoms with van der Waals surface area (Å²) in [5, 5.41) is 0. The molecule has 0 saturated carbocycles. The van der Waals surface area contributed by atoms with E-state index in [2.05, 4.69) is 11.8 Å². The SMILES string of the molecule is CCCCCCCCCC1CCCCN1CCOCCOc1ccccc1. The summed E-state index contributed by atoms with van der Waals surface area (Å²) in [4.78, 5) is 2.68. The molecule has 3 nitrogen and oxygen atoms in total. The van der Waals surface area contributed by atoms with Crippen molar-refractivity contribution in [3.05, 3.63) is 30.3 Å². The number of hydrogen-bond donors (Lipinski definition) is 0. The topological polar surface area (TPSA) is 21.7 Å². The lowest BCUT2D eigenvalue weighted by atomic mass is 9.96. The molecule has 0 aliphatic carbocycles. The van der Waals surface area contributed by atoms with E-state index in [1.165, 1.54) is 77.2 Å². The zero-order valence-corrected chi connectivity index (χ0v) is 17.5. The third-order valence-corrected chi connectivity index (χ3v) is 5.65. The largest absolute Gasteiger partial charge is 0.491 e. The molecule has 2 rings (SSSR count). The first-order valence-corrected chi connectivity index (χ1v) is 11.4. The second-order valence-corrected chi connectivity index (χ2v) is 7.87.